The minimum absolute atomic E-state index is 0.0722. The standard InChI is InChI=1S/C15H13F11O4.C4H12Si/c16-11(17)9(29-8(27)7-4-5-1-2-6(7)3-5)10(13(18,19)20,14(21,22)23)30-12(11,28)15(24,25)26;1-5(2,3)4/h5-7,9,28H,1-4H2;1-4H3. The summed E-state index contributed by atoms with van der Waals surface area (Å²) in [6.45, 7) is 9.31. The molecule has 2 aliphatic carbocycles. The summed E-state index contributed by atoms with van der Waals surface area (Å²) in [7, 11) is -0.611. The number of halogens is 11. The van der Waals surface area contributed by atoms with Gasteiger partial charge in [-0.05, 0) is 31.1 Å². The number of hydrogen-bond donors (Lipinski definition) is 1. The summed E-state index contributed by atoms with van der Waals surface area (Å²) in [4.78, 5) is 12.2. The summed E-state index contributed by atoms with van der Waals surface area (Å²) in [6, 6.07) is 0. The molecule has 1 aliphatic heterocycles. The number of aliphatic hydroxyl groups is 1. The Hall–Kier alpha value is -1.16. The van der Waals surface area contributed by atoms with Gasteiger partial charge in [0, 0.05) is 8.07 Å². The lowest BCUT2D eigenvalue weighted by Gasteiger charge is -2.37. The van der Waals surface area contributed by atoms with E-state index in [9.17, 15) is 58.2 Å². The largest absolute Gasteiger partial charge is 0.452 e. The van der Waals surface area contributed by atoms with Gasteiger partial charge in [-0.2, -0.15) is 48.3 Å². The minimum atomic E-state index is -6.97. The fourth-order valence-electron chi connectivity index (χ4n) is 4.50. The number of carbonyl (C=O) groups excluding carboxylic acids is 1. The van der Waals surface area contributed by atoms with Crippen LogP contribution in [0.3, 0.4) is 0 Å². The quantitative estimate of drug-likeness (QED) is 0.256. The Balaban J connectivity index is 0.000000784. The Morgan fingerprint density at radius 3 is 1.66 bits per heavy atom. The van der Waals surface area contributed by atoms with E-state index in [1.165, 1.54) is 0 Å². The van der Waals surface area contributed by atoms with Gasteiger partial charge in [0.2, 0.25) is 6.10 Å². The van der Waals surface area contributed by atoms with Crippen molar-refractivity contribution >= 4 is 14.0 Å². The molecule has 16 heteroatoms. The van der Waals surface area contributed by atoms with E-state index in [0.717, 1.165) is 0 Å². The van der Waals surface area contributed by atoms with Crippen molar-refractivity contribution in [3.8, 4) is 0 Å². The lowest BCUT2D eigenvalue weighted by atomic mass is 9.87. The molecule has 3 fully saturated rings. The van der Waals surface area contributed by atoms with E-state index in [-0.39, 0.29) is 12.3 Å². The van der Waals surface area contributed by atoms with Crippen molar-refractivity contribution in [1.82, 2.24) is 0 Å². The average Bonchev–Trinajstić information content (AvgIpc) is 3.26. The van der Waals surface area contributed by atoms with Crippen LogP contribution in [0.15, 0.2) is 0 Å². The maximum absolute atomic E-state index is 14.4. The van der Waals surface area contributed by atoms with E-state index in [1.807, 2.05) is 0 Å². The Morgan fingerprint density at radius 2 is 1.34 bits per heavy atom. The van der Waals surface area contributed by atoms with Crippen LogP contribution in [0.4, 0.5) is 48.3 Å². The van der Waals surface area contributed by atoms with E-state index in [1.54, 1.807) is 0 Å². The topological polar surface area (TPSA) is 55.8 Å². The van der Waals surface area contributed by atoms with Crippen molar-refractivity contribution < 1.29 is 67.7 Å². The van der Waals surface area contributed by atoms with Crippen LogP contribution in [-0.2, 0) is 14.3 Å². The smallest absolute Gasteiger partial charge is 0.449 e. The second-order valence-corrected chi connectivity index (χ2v) is 16.7. The highest BCUT2D eigenvalue weighted by molar-refractivity contribution is 6.74. The summed E-state index contributed by atoms with van der Waals surface area (Å²) in [5, 5.41) is 9.18. The van der Waals surface area contributed by atoms with E-state index >= 15 is 0 Å². The fourth-order valence-corrected chi connectivity index (χ4v) is 4.50. The molecule has 0 radical (unpaired) electrons. The zero-order chi connectivity index (χ0) is 27.6. The van der Waals surface area contributed by atoms with Crippen molar-refractivity contribution in [2.75, 3.05) is 0 Å². The van der Waals surface area contributed by atoms with E-state index in [2.05, 4.69) is 35.7 Å². The first-order valence-electron chi connectivity index (χ1n) is 10.5. The van der Waals surface area contributed by atoms with Crippen molar-refractivity contribution in [3.63, 3.8) is 0 Å². The van der Waals surface area contributed by atoms with E-state index < -0.39 is 67.8 Å². The predicted molar refractivity (Wildman–Crippen MR) is 99.9 cm³/mol. The number of carbonyl (C=O) groups is 1. The SMILES string of the molecule is C[Si](C)(C)C.O=C(OC1C(F)(F)C(O)(C(F)(F)F)OC1(C(F)(F)F)C(F)(F)F)C1CC2CCC1C2. The number of ether oxygens (including phenoxy) is 2. The van der Waals surface area contributed by atoms with Crippen LogP contribution < -0.4 is 0 Å². The zero-order valence-corrected chi connectivity index (χ0v) is 20.0. The molecule has 4 nitrogen and oxygen atoms in total. The molecule has 0 spiro atoms. The molecular weight excluding hydrogens is 529 g/mol. The van der Waals surface area contributed by atoms with Gasteiger partial charge in [-0.1, -0.05) is 32.6 Å². The third-order valence-corrected chi connectivity index (χ3v) is 5.96. The Labute approximate surface area is 194 Å². The number of hydrogen-bond acceptors (Lipinski definition) is 4. The van der Waals surface area contributed by atoms with Crippen molar-refractivity contribution in [1.29, 1.82) is 0 Å². The molecule has 0 amide bonds. The second kappa shape index (κ2) is 8.70. The molecule has 1 N–H and O–H groups in total. The predicted octanol–water partition coefficient (Wildman–Crippen LogP) is 6.07. The molecule has 2 saturated carbocycles. The monoisotopic (exact) mass is 554 g/mol. The highest BCUT2D eigenvalue weighted by Crippen LogP contribution is 2.64. The van der Waals surface area contributed by atoms with E-state index in [0.29, 0.717) is 19.3 Å². The normalized spacial score (nSPS) is 34.4. The third kappa shape index (κ3) is 5.15. The molecular formula is C19H25F11O4Si. The Kier molecular flexibility index (Phi) is 7.48. The van der Waals surface area contributed by atoms with Gasteiger partial charge in [0.1, 0.15) is 0 Å². The first-order chi connectivity index (χ1) is 15.3. The molecule has 3 aliphatic rings. The van der Waals surface area contributed by atoms with Crippen molar-refractivity contribution in [2.24, 2.45) is 17.8 Å². The van der Waals surface area contributed by atoms with Crippen molar-refractivity contribution in [3.05, 3.63) is 0 Å². The maximum Gasteiger partial charge on any atom is 0.449 e. The summed E-state index contributed by atoms with van der Waals surface area (Å²) >= 11 is 0. The summed E-state index contributed by atoms with van der Waals surface area (Å²) < 4.78 is 154. The van der Waals surface area contributed by atoms with Crippen LogP contribution in [-0.4, -0.2) is 61.1 Å². The van der Waals surface area contributed by atoms with Crippen LogP contribution in [0.2, 0.25) is 26.2 Å². The van der Waals surface area contributed by atoms with Crippen LogP contribution in [0.1, 0.15) is 25.7 Å². The van der Waals surface area contributed by atoms with Gasteiger partial charge in [-0.25, -0.2) is 0 Å². The number of esters is 1. The molecule has 3 rings (SSSR count). The Bertz CT molecular complexity index is 783. The van der Waals surface area contributed by atoms with Gasteiger partial charge in [-0.3, -0.25) is 4.79 Å². The first-order valence-corrected chi connectivity index (χ1v) is 14.5. The van der Waals surface area contributed by atoms with E-state index in [4.69, 9.17) is 0 Å². The lowest BCUT2D eigenvalue weighted by Crippen LogP contribution is -2.66. The molecule has 5 atom stereocenters. The highest BCUT2D eigenvalue weighted by atomic mass is 28.3. The molecule has 5 unspecified atom stereocenters. The summed E-state index contributed by atoms with van der Waals surface area (Å²) in [5.41, 5.74) is -6.32. The number of rotatable bonds is 2. The first kappa shape index (κ1) is 30.1. The molecule has 2 bridgehead atoms. The Morgan fingerprint density at radius 1 is 0.886 bits per heavy atom. The van der Waals surface area contributed by atoms with Gasteiger partial charge in [0.05, 0.1) is 5.92 Å². The van der Waals surface area contributed by atoms with Crippen LogP contribution in [0.25, 0.3) is 0 Å². The van der Waals surface area contributed by atoms with Gasteiger partial charge in [0.25, 0.3) is 0 Å². The third-order valence-electron chi connectivity index (χ3n) is 5.96. The second-order valence-electron chi connectivity index (χ2n) is 10.7. The van der Waals surface area contributed by atoms with Crippen molar-refractivity contribution in [2.45, 2.75) is 93.8 Å². The molecule has 0 aromatic rings. The molecule has 1 heterocycles. The number of fused-ring (bicyclic) bond motifs is 2. The van der Waals surface area contributed by atoms with Crippen LogP contribution >= 0.6 is 0 Å². The zero-order valence-electron chi connectivity index (χ0n) is 19.0. The molecule has 35 heavy (non-hydrogen) atoms. The van der Waals surface area contributed by atoms with Crippen LogP contribution in [0.5, 0.6) is 0 Å². The van der Waals surface area contributed by atoms with Gasteiger partial charge < -0.3 is 14.6 Å². The van der Waals surface area contributed by atoms with Gasteiger partial charge in [0.15, 0.2) is 0 Å². The van der Waals surface area contributed by atoms with Gasteiger partial charge in [-0.15, -0.1) is 0 Å². The highest BCUT2D eigenvalue weighted by Gasteiger charge is 2.95. The molecule has 0 aromatic heterocycles. The maximum atomic E-state index is 14.4. The molecule has 1 saturated heterocycles. The van der Waals surface area contributed by atoms with Gasteiger partial charge >= 0.3 is 41.8 Å². The number of alkyl halides is 11. The minimum Gasteiger partial charge on any atom is -0.452 e. The molecule has 206 valence electrons. The van der Waals surface area contributed by atoms with Crippen LogP contribution in [0, 0.1) is 17.8 Å². The average molecular weight is 554 g/mol. The summed E-state index contributed by atoms with van der Waals surface area (Å²) in [5.74, 6) is -16.5. The molecule has 0 aromatic carbocycles. The summed E-state index contributed by atoms with van der Waals surface area (Å²) in [6.07, 6.45) is -24.4. The lowest BCUT2D eigenvalue weighted by molar-refractivity contribution is -0.457. The fraction of sp³-hybridized carbons (Fsp3) is 0.947.